The Morgan fingerprint density at radius 1 is 0.950 bits per heavy atom. The van der Waals surface area contributed by atoms with E-state index < -0.39 is 0 Å². The van der Waals surface area contributed by atoms with Crippen molar-refractivity contribution in [2.24, 2.45) is 17.6 Å². The summed E-state index contributed by atoms with van der Waals surface area (Å²) in [4.78, 5) is 28.6. The number of anilines is 1. The molecule has 1 saturated heterocycles. The zero-order valence-corrected chi connectivity index (χ0v) is 22.4. The number of likely N-dealkylation sites (tertiary alicyclic amines) is 1. The van der Waals surface area contributed by atoms with Gasteiger partial charge in [0.1, 0.15) is 22.9 Å². The third kappa shape index (κ3) is 4.48. The molecule has 2 fully saturated rings. The quantitative estimate of drug-likeness (QED) is 0.323. The molecule has 4 N–H and O–H groups in total. The van der Waals surface area contributed by atoms with Gasteiger partial charge in [-0.2, -0.15) is 0 Å². The molecule has 0 atom stereocenters. The summed E-state index contributed by atoms with van der Waals surface area (Å²) in [6, 6.07) is 20.7. The average molecular weight is 532 g/mol. The van der Waals surface area contributed by atoms with E-state index in [-0.39, 0.29) is 11.8 Å². The van der Waals surface area contributed by atoms with Crippen LogP contribution in [0.2, 0.25) is 0 Å². The molecular weight excluding hydrogens is 498 g/mol. The van der Waals surface area contributed by atoms with E-state index in [4.69, 9.17) is 21.4 Å². The number of piperidine rings is 1. The number of hydrogen-bond acceptors (Lipinski definition) is 6. The maximum Gasteiger partial charge on any atom is 0.220 e. The number of hydrogen-bond donors (Lipinski definition) is 2. The van der Waals surface area contributed by atoms with E-state index in [1.54, 1.807) is 6.20 Å². The van der Waals surface area contributed by atoms with Gasteiger partial charge in [-0.3, -0.25) is 9.20 Å². The fraction of sp³-hybridized carbons (Fsp3) is 0.312. The van der Waals surface area contributed by atoms with E-state index in [1.807, 2.05) is 24.4 Å². The molecule has 1 saturated carbocycles. The molecule has 2 aliphatic rings. The Morgan fingerprint density at radius 2 is 1.73 bits per heavy atom. The second-order valence-electron chi connectivity index (χ2n) is 11.3. The van der Waals surface area contributed by atoms with Crippen molar-refractivity contribution >= 4 is 28.1 Å². The third-order valence-electron chi connectivity index (χ3n) is 8.75. The molecule has 40 heavy (non-hydrogen) atoms. The molecule has 3 aromatic heterocycles. The van der Waals surface area contributed by atoms with Crippen molar-refractivity contribution in [3.05, 3.63) is 78.9 Å². The Labute approximate surface area is 233 Å². The topological polar surface area (TPSA) is 115 Å². The molecule has 8 nitrogen and oxygen atoms in total. The average Bonchev–Trinajstić information content (AvgIpc) is 3.35. The highest BCUT2D eigenvalue weighted by molar-refractivity contribution is 5.91. The van der Waals surface area contributed by atoms with Crippen LogP contribution in [0.3, 0.4) is 0 Å². The van der Waals surface area contributed by atoms with Crippen molar-refractivity contribution in [2.45, 2.75) is 31.6 Å². The number of nitrogens with two attached hydrogens (primary N) is 2. The van der Waals surface area contributed by atoms with Crippen LogP contribution in [-0.4, -0.2) is 49.8 Å². The molecule has 0 bridgehead atoms. The van der Waals surface area contributed by atoms with Crippen LogP contribution in [0.15, 0.2) is 73.1 Å². The SMILES string of the molecule is NC(=O)C1CCN(CC2CC(c3nc(-c4ccc5ccc(-c6ccccc6)nc5c4)c4c(N)nccn34)C2)CC1. The highest BCUT2D eigenvalue weighted by atomic mass is 16.1. The normalized spacial score (nSPS) is 20.1. The van der Waals surface area contributed by atoms with E-state index in [0.717, 1.165) is 90.1 Å². The lowest BCUT2D eigenvalue weighted by Crippen LogP contribution is -2.42. The fourth-order valence-electron chi connectivity index (χ4n) is 6.47. The summed E-state index contributed by atoms with van der Waals surface area (Å²) in [5.74, 6) is 2.42. The fourth-order valence-corrected chi connectivity index (χ4v) is 6.47. The number of primary amides is 1. The van der Waals surface area contributed by atoms with E-state index in [1.165, 1.54) is 0 Å². The van der Waals surface area contributed by atoms with Crippen molar-refractivity contribution in [1.82, 2.24) is 24.3 Å². The summed E-state index contributed by atoms with van der Waals surface area (Å²) in [6.45, 7) is 2.98. The Bertz CT molecular complexity index is 1700. The van der Waals surface area contributed by atoms with Crippen molar-refractivity contribution in [3.8, 4) is 22.5 Å². The summed E-state index contributed by atoms with van der Waals surface area (Å²) in [6.07, 6.45) is 7.67. The van der Waals surface area contributed by atoms with E-state index >= 15 is 0 Å². The second kappa shape index (κ2) is 10.0. The number of nitrogens with zero attached hydrogens (tertiary/aromatic N) is 5. The van der Waals surface area contributed by atoms with Crippen LogP contribution in [0.5, 0.6) is 0 Å². The summed E-state index contributed by atoms with van der Waals surface area (Å²) in [5.41, 5.74) is 17.6. The Balaban J connectivity index is 1.15. The van der Waals surface area contributed by atoms with Gasteiger partial charge in [-0.15, -0.1) is 0 Å². The molecular formula is C32H33N7O. The van der Waals surface area contributed by atoms with Gasteiger partial charge in [0, 0.05) is 47.3 Å². The molecule has 4 heterocycles. The van der Waals surface area contributed by atoms with Crippen LogP contribution in [0.4, 0.5) is 5.82 Å². The predicted molar refractivity (Wildman–Crippen MR) is 157 cm³/mol. The minimum Gasteiger partial charge on any atom is -0.382 e. The van der Waals surface area contributed by atoms with Gasteiger partial charge in [-0.05, 0) is 56.8 Å². The molecule has 8 heteroatoms. The summed E-state index contributed by atoms with van der Waals surface area (Å²) < 4.78 is 2.13. The van der Waals surface area contributed by atoms with Crippen LogP contribution >= 0.6 is 0 Å². The molecule has 202 valence electrons. The zero-order chi connectivity index (χ0) is 27.2. The van der Waals surface area contributed by atoms with Crippen molar-refractivity contribution in [2.75, 3.05) is 25.4 Å². The first-order valence-corrected chi connectivity index (χ1v) is 14.1. The molecule has 2 aromatic carbocycles. The highest BCUT2D eigenvalue weighted by Gasteiger charge is 2.36. The molecule has 0 radical (unpaired) electrons. The van der Waals surface area contributed by atoms with Gasteiger partial charge in [0.05, 0.1) is 11.2 Å². The number of aromatic nitrogens is 4. The van der Waals surface area contributed by atoms with Gasteiger partial charge in [0.15, 0.2) is 0 Å². The minimum absolute atomic E-state index is 0.0365. The standard InChI is InChI=1S/C32H33N7O/c33-30-29-28(24-7-6-22-8-9-26(36-27(22)18-24)21-4-2-1-3-5-21)37-32(39(29)15-12-35-30)25-16-20(17-25)19-38-13-10-23(11-14-38)31(34)40/h1-9,12,15,18,20,23,25H,10-11,13-14,16-17,19H2,(H2,33,35)(H2,34,40). The molecule has 0 unspecified atom stereocenters. The maximum atomic E-state index is 11.5. The van der Waals surface area contributed by atoms with E-state index in [9.17, 15) is 4.79 Å². The van der Waals surface area contributed by atoms with Gasteiger partial charge < -0.3 is 16.4 Å². The smallest absolute Gasteiger partial charge is 0.220 e. The number of pyridine rings is 1. The number of benzene rings is 2. The number of fused-ring (bicyclic) bond motifs is 2. The van der Waals surface area contributed by atoms with Crippen LogP contribution in [0.1, 0.15) is 37.4 Å². The molecule has 1 aliphatic heterocycles. The number of imidazole rings is 1. The Hall–Kier alpha value is -4.30. The monoisotopic (exact) mass is 531 g/mol. The molecule has 7 rings (SSSR count). The highest BCUT2D eigenvalue weighted by Crippen LogP contribution is 2.44. The number of carbonyl (C=O) groups excluding carboxylic acids is 1. The lowest BCUT2D eigenvalue weighted by atomic mass is 9.74. The second-order valence-corrected chi connectivity index (χ2v) is 11.3. The van der Waals surface area contributed by atoms with Crippen LogP contribution in [-0.2, 0) is 4.79 Å². The number of amides is 1. The van der Waals surface area contributed by atoms with Gasteiger partial charge in [-0.1, -0.05) is 48.5 Å². The van der Waals surface area contributed by atoms with Crippen molar-refractivity contribution in [3.63, 3.8) is 0 Å². The zero-order valence-electron chi connectivity index (χ0n) is 22.4. The van der Waals surface area contributed by atoms with Crippen LogP contribution < -0.4 is 11.5 Å². The summed E-state index contributed by atoms with van der Waals surface area (Å²) >= 11 is 0. The molecule has 5 aromatic rings. The maximum absolute atomic E-state index is 11.5. The Morgan fingerprint density at radius 3 is 2.50 bits per heavy atom. The number of rotatable bonds is 6. The molecule has 0 spiro atoms. The van der Waals surface area contributed by atoms with Crippen molar-refractivity contribution in [1.29, 1.82) is 0 Å². The van der Waals surface area contributed by atoms with Gasteiger partial charge in [0.25, 0.3) is 0 Å². The lowest BCUT2D eigenvalue weighted by Gasteiger charge is -2.40. The van der Waals surface area contributed by atoms with E-state index in [0.29, 0.717) is 17.7 Å². The predicted octanol–water partition coefficient (Wildman–Crippen LogP) is 4.88. The lowest BCUT2D eigenvalue weighted by molar-refractivity contribution is -0.123. The summed E-state index contributed by atoms with van der Waals surface area (Å²) in [7, 11) is 0. The van der Waals surface area contributed by atoms with Gasteiger partial charge in [-0.25, -0.2) is 15.0 Å². The van der Waals surface area contributed by atoms with Gasteiger partial charge >= 0.3 is 0 Å². The largest absolute Gasteiger partial charge is 0.382 e. The Kier molecular flexibility index (Phi) is 6.20. The van der Waals surface area contributed by atoms with Crippen molar-refractivity contribution < 1.29 is 4.79 Å². The van der Waals surface area contributed by atoms with E-state index in [2.05, 4.69) is 56.7 Å². The molecule has 1 aliphatic carbocycles. The number of nitrogen functional groups attached to an aromatic ring is 1. The minimum atomic E-state index is -0.155. The van der Waals surface area contributed by atoms with Crippen LogP contribution in [0, 0.1) is 11.8 Å². The first-order valence-electron chi connectivity index (χ1n) is 14.1. The summed E-state index contributed by atoms with van der Waals surface area (Å²) in [5, 5.41) is 1.08. The third-order valence-corrected chi connectivity index (χ3v) is 8.75. The first-order chi connectivity index (χ1) is 19.5. The molecule has 1 amide bonds. The first kappa shape index (κ1) is 24.7. The number of carbonyl (C=O) groups is 1. The van der Waals surface area contributed by atoms with Gasteiger partial charge in [0.2, 0.25) is 5.91 Å². The van der Waals surface area contributed by atoms with Crippen LogP contribution in [0.25, 0.3) is 38.9 Å².